The van der Waals surface area contributed by atoms with Gasteiger partial charge in [-0.2, -0.15) is 0 Å². The Morgan fingerprint density at radius 1 is 1.40 bits per heavy atom. The number of pyridine rings is 1. The van der Waals surface area contributed by atoms with Crippen LogP contribution in [0.15, 0.2) is 30.3 Å². The zero-order chi connectivity index (χ0) is 10.8. The van der Waals surface area contributed by atoms with E-state index in [1.165, 1.54) is 6.07 Å². The molecule has 0 saturated heterocycles. The summed E-state index contributed by atoms with van der Waals surface area (Å²) >= 11 is 0. The number of carboxylic acid groups (broad SMARTS) is 1. The highest BCUT2D eigenvalue weighted by atomic mass is 16.4. The highest BCUT2D eigenvalue weighted by Gasteiger charge is 2.09. The molecule has 15 heavy (non-hydrogen) atoms. The van der Waals surface area contributed by atoms with Crippen molar-refractivity contribution in [2.75, 3.05) is 5.43 Å². The Hall–Kier alpha value is -2.14. The van der Waals surface area contributed by atoms with Gasteiger partial charge in [-0.05, 0) is 12.1 Å². The Balaban J connectivity index is 2.77. The van der Waals surface area contributed by atoms with Crippen molar-refractivity contribution in [3.05, 3.63) is 36.0 Å². The van der Waals surface area contributed by atoms with E-state index in [4.69, 9.17) is 10.9 Å². The van der Waals surface area contributed by atoms with Crippen LogP contribution in [0.5, 0.6) is 0 Å². The van der Waals surface area contributed by atoms with Crippen molar-refractivity contribution in [2.45, 2.75) is 0 Å². The quantitative estimate of drug-likeness (QED) is 0.504. The van der Waals surface area contributed by atoms with E-state index in [0.717, 1.165) is 5.39 Å². The molecule has 1 aromatic heterocycles. The lowest BCUT2D eigenvalue weighted by molar-refractivity contribution is 0.0691. The average Bonchev–Trinajstić information content (AvgIpc) is 2.27. The lowest BCUT2D eigenvalue weighted by Gasteiger charge is -2.06. The fourth-order valence-corrected chi connectivity index (χ4v) is 1.40. The molecule has 0 aliphatic heterocycles. The number of fused-ring (bicyclic) bond motifs is 1. The number of aromatic carboxylic acids is 1. The number of rotatable bonds is 2. The van der Waals surface area contributed by atoms with Crippen molar-refractivity contribution in [1.29, 1.82) is 0 Å². The van der Waals surface area contributed by atoms with Gasteiger partial charge in [-0.3, -0.25) is 5.84 Å². The van der Waals surface area contributed by atoms with Crippen LogP contribution in [-0.4, -0.2) is 16.1 Å². The zero-order valence-corrected chi connectivity index (χ0v) is 7.77. The van der Waals surface area contributed by atoms with E-state index >= 15 is 0 Å². The number of hydrogen-bond donors (Lipinski definition) is 3. The molecule has 0 bridgehead atoms. The Morgan fingerprint density at radius 3 is 2.80 bits per heavy atom. The number of carbonyl (C=O) groups is 1. The molecular weight excluding hydrogens is 194 g/mol. The maximum Gasteiger partial charge on any atom is 0.354 e. The molecule has 5 nitrogen and oxygen atoms in total. The van der Waals surface area contributed by atoms with Gasteiger partial charge in [0, 0.05) is 5.39 Å². The molecule has 1 aromatic carbocycles. The van der Waals surface area contributed by atoms with Gasteiger partial charge >= 0.3 is 5.97 Å². The number of hydrogen-bond acceptors (Lipinski definition) is 4. The van der Waals surface area contributed by atoms with Crippen molar-refractivity contribution in [3.8, 4) is 0 Å². The molecule has 1 heterocycles. The van der Waals surface area contributed by atoms with Crippen LogP contribution in [0.1, 0.15) is 10.5 Å². The molecule has 0 atom stereocenters. The minimum Gasteiger partial charge on any atom is -0.477 e. The van der Waals surface area contributed by atoms with E-state index in [1.807, 2.05) is 12.1 Å². The first-order valence-electron chi connectivity index (χ1n) is 4.32. The molecule has 0 unspecified atom stereocenters. The van der Waals surface area contributed by atoms with Gasteiger partial charge in [0.25, 0.3) is 0 Å². The smallest absolute Gasteiger partial charge is 0.354 e. The summed E-state index contributed by atoms with van der Waals surface area (Å²) in [6.07, 6.45) is 0. The third-order valence-electron chi connectivity index (χ3n) is 2.09. The standard InChI is InChI=1S/C10H9N3O2/c11-13-8-5-9(10(14)15)12-7-4-2-1-3-6(7)8/h1-5H,11H2,(H,12,13)(H,14,15). The molecule has 0 radical (unpaired) electrons. The van der Waals surface area contributed by atoms with Gasteiger partial charge in [0.1, 0.15) is 0 Å². The zero-order valence-electron chi connectivity index (χ0n) is 7.77. The summed E-state index contributed by atoms with van der Waals surface area (Å²) in [4.78, 5) is 14.8. The second kappa shape index (κ2) is 3.55. The van der Waals surface area contributed by atoms with Crippen LogP contribution in [0.25, 0.3) is 10.9 Å². The fraction of sp³-hybridized carbons (Fsp3) is 0. The number of nitrogen functional groups attached to an aromatic ring is 1. The van der Waals surface area contributed by atoms with Gasteiger partial charge in [-0.25, -0.2) is 9.78 Å². The van der Waals surface area contributed by atoms with Gasteiger partial charge in [-0.15, -0.1) is 0 Å². The molecule has 0 aliphatic carbocycles. The first-order valence-corrected chi connectivity index (χ1v) is 4.32. The second-order valence-corrected chi connectivity index (χ2v) is 3.02. The van der Waals surface area contributed by atoms with E-state index in [2.05, 4.69) is 10.4 Å². The third-order valence-corrected chi connectivity index (χ3v) is 2.09. The first kappa shape index (κ1) is 9.42. The minimum absolute atomic E-state index is 0.0262. The Kier molecular flexibility index (Phi) is 2.23. The number of hydrazine groups is 1. The predicted molar refractivity (Wildman–Crippen MR) is 56.5 cm³/mol. The summed E-state index contributed by atoms with van der Waals surface area (Å²) < 4.78 is 0. The highest BCUT2D eigenvalue weighted by molar-refractivity contribution is 5.96. The van der Waals surface area contributed by atoms with Crippen LogP contribution in [0.2, 0.25) is 0 Å². The van der Waals surface area contributed by atoms with E-state index in [0.29, 0.717) is 11.2 Å². The molecule has 2 aromatic rings. The molecule has 2 rings (SSSR count). The molecular formula is C10H9N3O2. The maximum atomic E-state index is 10.8. The summed E-state index contributed by atoms with van der Waals surface area (Å²) in [7, 11) is 0. The highest BCUT2D eigenvalue weighted by Crippen LogP contribution is 2.21. The lowest BCUT2D eigenvalue weighted by Crippen LogP contribution is -2.10. The summed E-state index contributed by atoms with van der Waals surface area (Å²) in [5, 5.41) is 9.63. The van der Waals surface area contributed by atoms with Crippen molar-refractivity contribution >= 4 is 22.6 Å². The molecule has 0 fully saturated rings. The van der Waals surface area contributed by atoms with Gasteiger partial charge in [0.15, 0.2) is 5.69 Å². The van der Waals surface area contributed by atoms with Gasteiger partial charge in [-0.1, -0.05) is 18.2 Å². The third kappa shape index (κ3) is 1.60. The van der Waals surface area contributed by atoms with Crippen LogP contribution in [0, 0.1) is 0 Å². The minimum atomic E-state index is -1.07. The van der Waals surface area contributed by atoms with Crippen LogP contribution >= 0.6 is 0 Å². The number of nitrogens with zero attached hydrogens (tertiary/aromatic N) is 1. The van der Waals surface area contributed by atoms with Gasteiger partial charge in [0.2, 0.25) is 0 Å². The normalized spacial score (nSPS) is 10.2. The molecule has 0 aliphatic rings. The fourth-order valence-electron chi connectivity index (χ4n) is 1.40. The average molecular weight is 203 g/mol. The Labute approximate surface area is 85.5 Å². The van der Waals surface area contributed by atoms with Gasteiger partial charge < -0.3 is 10.5 Å². The van der Waals surface area contributed by atoms with Crippen molar-refractivity contribution in [3.63, 3.8) is 0 Å². The molecule has 0 saturated carbocycles. The first-order chi connectivity index (χ1) is 7.22. The molecule has 0 spiro atoms. The molecule has 5 heteroatoms. The Bertz CT molecular complexity index is 525. The SMILES string of the molecule is NNc1cc(C(=O)O)nc2ccccc12. The topological polar surface area (TPSA) is 88.2 Å². The van der Waals surface area contributed by atoms with Crippen molar-refractivity contribution in [2.24, 2.45) is 5.84 Å². The number of aromatic nitrogens is 1. The second-order valence-electron chi connectivity index (χ2n) is 3.02. The number of para-hydroxylation sites is 1. The van der Waals surface area contributed by atoms with Crippen molar-refractivity contribution in [1.82, 2.24) is 4.98 Å². The van der Waals surface area contributed by atoms with E-state index < -0.39 is 5.97 Å². The Morgan fingerprint density at radius 2 is 2.13 bits per heavy atom. The number of nitrogens with one attached hydrogen (secondary N) is 1. The molecule has 4 N–H and O–H groups in total. The molecule has 76 valence electrons. The maximum absolute atomic E-state index is 10.8. The largest absolute Gasteiger partial charge is 0.477 e. The predicted octanol–water partition coefficient (Wildman–Crippen LogP) is 1.22. The van der Waals surface area contributed by atoms with Gasteiger partial charge in [0.05, 0.1) is 11.2 Å². The van der Waals surface area contributed by atoms with E-state index in [-0.39, 0.29) is 5.69 Å². The number of anilines is 1. The molecule has 0 amide bonds. The summed E-state index contributed by atoms with van der Waals surface area (Å²) in [6.45, 7) is 0. The monoisotopic (exact) mass is 203 g/mol. The van der Waals surface area contributed by atoms with Crippen LogP contribution < -0.4 is 11.3 Å². The van der Waals surface area contributed by atoms with Crippen LogP contribution in [0.4, 0.5) is 5.69 Å². The summed E-state index contributed by atoms with van der Waals surface area (Å²) in [5.41, 5.74) is 3.59. The van der Waals surface area contributed by atoms with E-state index in [1.54, 1.807) is 12.1 Å². The van der Waals surface area contributed by atoms with Crippen molar-refractivity contribution < 1.29 is 9.90 Å². The van der Waals surface area contributed by atoms with Crippen LogP contribution in [0.3, 0.4) is 0 Å². The summed E-state index contributed by atoms with van der Waals surface area (Å²) in [6, 6.07) is 8.60. The van der Waals surface area contributed by atoms with E-state index in [9.17, 15) is 4.79 Å². The number of benzene rings is 1. The number of carboxylic acids is 1. The lowest BCUT2D eigenvalue weighted by atomic mass is 10.1. The number of nitrogens with two attached hydrogens (primary N) is 1. The van der Waals surface area contributed by atoms with Crippen LogP contribution in [-0.2, 0) is 0 Å². The summed E-state index contributed by atoms with van der Waals surface area (Å²) in [5.74, 6) is 4.24.